The van der Waals surface area contributed by atoms with Crippen molar-refractivity contribution < 1.29 is 24.6 Å². The van der Waals surface area contributed by atoms with Gasteiger partial charge in [0.15, 0.2) is 0 Å². The summed E-state index contributed by atoms with van der Waals surface area (Å²) in [6.07, 6.45) is 1.53. The smallest absolute Gasteiger partial charge is 0.329 e. The third-order valence-corrected chi connectivity index (χ3v) is 2.19. The lowest BCUT2D eigenvalue weighted by atomic mass is 10.1. The number of aliphatic hydroxyl groups is 1. The van der Waals surface area contributed by atoms with E-state index in [1.165, 1.54) is 0 Å². The van der Waals surface area contributed by atoms with Crippen molar-refractivity contribution in [2.75, 3.05) is 6.61 Å². The Morgan fingerprint density at radius 3 is 2.62 bits per heavy atom. The SMILES string of the molecule is C/C(CO)=C1\CC(=O)N(/C=C/C(=O)O)C1=O. The standard InChI is InChI=1S/C10H11NO5/c1-6(5-12)7-4-8(13)11(10(7)16)3-2-9(14)15/h2-3,12H,4-5H2,1H3,(H,14,15)/b3-2+,7-6-. The van der Waals surface area contributed by atoms with Crippen LogP contribution in [-0.2, 0) is 14.4 Å². The number of carbonyl (C=O) groups is 3. The molecule has 0 aromatic rings. The number of carboxylic acid groups (broad SMARTS) is 1. The van der Waals surface area contributed by atoms with E-state index in [4.69, 9.17) is 10.2 Å². The molecule has 2 N–H and O–H groups in total. The molecule has 0 aromatic heterocycles. The first kappa shape index (κ1) is 12.1. The lowest BCUT2D eigenvalue weighted by Gasteiger charge is -2.06. The maximum absolute atomic E-state index is 11.6. The summed E-state index contributed by atoms with van der Waals surface area (Å²) in [7, 11) is 0. The third-order valence-electron chi connectivity index (χ3n) is 2.19. The molecule has 6 nitrogen and oxygen atoms in total. The molecule has 1 aliphatic rings. The molecule has 1 heterocycles. The Labute approximate surface area is 91.5 Å². The summed E-state index contributed by atoms with van der Waals surface area (Å²) in [6.45, 7) is 1.25. The van der Waals surface area contributed by atoms with Crippen LogP contribution in [0.5, 0.6) is 0 Å². The predicted molar refractivity (Wildman–Crippen MR) is 53.0 cm³/mol. The van der Waals surface area contributed by atoms with Crippen molar-refractivity contribution in [2.45, 2.75) is 13.3 Å². The molecule has 0 saturated carbocycles. The molecule has 1 saturated heterocycles. The van der Waals surface area contributed by atoms with Crippen LogP contribution in [0.3, 0.4) is 0 Å². The van der Waals surface area contributed by atoms with E-state index in [-0.39, 0.29) is 18.6 Å². The third kappa shape index (κ3) is 2.34. The fourth-order valence-electron chi connectivity index (χ4n) is 1.29. The van der Waals surface area contributed by atoms with Gasteiger partial charge in [0.05, 0.1) is 13.0 Å². The van der Waals surface area contributed by atoms with Gasteiger partial charge >= 0.3 is 5.97 Å². The number of imide groups is 1. The van der Waals surface area contributed by atoms with E-state index < -0.39 is 17.8 Å². The summed E-state index contributed by atoms with van der Waals surface area (Å²) >= 11 is 0. The molecule has 0 spiro atoms. The normalized spacial score (nSPS) is 19.8. The van der Waals surface area contributed by atoms with Crippen molar-refractivity contribution in [2.24, 2.45) is 0 Å². The fraction of sp³-hybridized carbons (Fsp3) is 0.300. The van der Waals surface area contributed by atoms with Gasteiger partial charge in [-0.15, -0.1) is 0 Å². The highest BCUT2D eigenvalue weighted by atomic mass is 16.4. The average molecular weight is 225 g/mol. The maximum Gasteiger partial charge on any atom is 0.329 e. The maximum atomic E-state index is 11.6. The number of carboxylic acids is 1. The number of rotatable bonds is 3. The Balaban J connectivity index is 2.96. The van der Waals surface area contributed by atoms with Gasteiger partial charge in [-0.05, 0) is 12.5 Å². The molecule has 0 aromatic carbocycles. The van der Waals surface area contributed by atoms with Gasteiger partial charge in [0, 0.05) is 17.8 Å². The van der Waals surface area contributed by atoms with Crippen LogP contribution in [0.4, 0.5) is 0 Å². The Morgan fingerprint density at radius 1 is 1.50 bits per heavy atom. The van der Waals surface area contributed by atoms with Crippen molar-refractivity contribution in [3.8, 4) is 0 Å². The minimum atomic E-state index is -1.24. The molecule has 1 aliphatic heterocycles. The Kier molecular flexibility index (Phi) is 3.57. The number of amides is 2. The number of carbonyl (C=O) groups excluding carboxylic acids is 2. The van der Waals surface area contributed by atoms with Crippen molar-refractivity contribution in [1.82, 2.24) is 4.90 Å². The van der Waals surface area contributed by atoms with Crippen LogP contribution in [0, 0.1) is 0 Å². The summed E-state index contributed by atoms with van der Waals surface area (Å²) in [5.74, 6) is -2.31. The Hall–Kier alpha value is -1.95. The van der Waals surface area contributed by atoms with Crippen LogP contribution in [0.2, 0.25) is 0 Å². The lowest BCUT2D eigenvalue weighted by molar-refractivity contribution is -0.134. The highest BCUT2D eigenvalue weighted by molar-refractivity contribution is 6.14. The second-order valence-electron chi connectivity index (χ2n) is 3.32. The molecule has 16 heavy (non-hydrogen) atoms. The Morgan fingerprint density at radius 2 is 2.12 bits per heavy atom. The van der Waals surface area contributed by atoms with Crippen LogP contribution >= 0.6 is 0 Å². The van der Waals surface area contributed by atoms with E-state index in [9.17, 15) is 14.4 Å². The first-order chi connectivity index (χ1) is 7.47. The van der Waals surface area contributed by atoms with Crippen LogP contribution in [-0.4, -0.2) is 39.5 Å². The van der Waals surface area contributed by atoms with Gasteiger partial charge in [0.1, 0.15) is 0 Å². The topological polar surface area (TPSA) is 94.9 Å². The molecule has 0 aliphatic carbocycles. The van der Waals surface area contributed by atoms with E-state index in [1.807, 2.05) is 0 Å². The fourth-order valence-corrected chi connectivity index (χ4v) is 1.29. The Bertz CT molecular complexity index is 407. The first-order valence-corrected chi connectivity index (χ1v) is 4.54. The zero-order valence-corrected chi connectivity index (χ0v) is 8.64. The molecule has 86 valence electrons. The minimum Gasteiger partial charge on any atom is -0.478 e. The number of likely N-dealkylation sites (tertiary alicyclic amines) is 1. The van der Waals surface area contributed by atoms with Gasteiger partial charge in [0.2, 0.25) is 5.91 Å². The van der Waals surface area contributed by atoms with Crippen LogP contribution in [0.25, 0.3) is 0 Å². The molecule has 0 atom stereocenters. The number of hydrogen-bond acceptors (Lipinski definition) is 4. The molecule has 0 bridgehead atoms. The molecule has 2 amide bonds. The van der Waals surface area contributed by atoms with Gasteiger partial charge in [-0.25, -0.2) is 4.79 Å². The van der Waals surface area contributed by atoms with Crippen LogP contribution in [0.15, 0.2) is 23.4 Å². The molecule has 0 radical (unpaired) electrons. The van der Waals surface area contributed by atoms with Crippen molar-refractivity contribution in [1.29, 1.82) is 0 Å². The molecule has 6 heteroatoms. The summed E-state index contributed by atoms with van der Waals surface area (Å²) in [5.41, 5.74) is 0.645. The lowest BCUT2D eigenvalue weighted by Crippen LogP contribution is -2.23. The summed E-state index contributed by atoms with van der Waals surface area (Å²) in [4.78, 5) is 34.0. The molecular weight excluding hydrogens is 214 g/mol. The highest BCUT2D eigenvalue weighted by Crippen LogP contribution is 2.22. The minimum absolute atomic E-state index is 0.102. The van der Waals surface area contributed by atoms with Gasteiger partial charge < -0.3 is 10.2 Å². The van der Waals surface area contributed by atoms with E-state index >= 15 is 0 Å². The largest absolute Gasteiger partial charge is 0.478 e. The first-order valence-electron chi connectivity index (χ1n) is 4.54. The van der Waals surface area contributed by atoms with Gasteiger partial charge in [-0.2, -0.15) is 0 Å². The van der Waals surface area contributed by atoms with E-state index in [0.717, 1.165) is 11.1 Å². The van der Waals surface area contributed by atoms with Crippen molar-refractivity contribution in [3.63, 3.8) is 0 Å². The van der Waals surface area contributed by atoms with Gasteiger partial charge in [0.25, 0.3) is 5.91 Å². The molecule has 1 fully saturated rings. The highest BCUT2D eigenvalue weighted by Gasteiger charge is 2.33. The zero-order chi connectivity index (χ0) is 12.3. The zero-order valence-electron chi connectivity index (χ0n) is 8.64. The molecule has 0 unspecified atom stereocenters. The van der Waals surface area contributed by atoms with Crippen LogP contribution in [0.1, 0.15) is 13.3 Å². The quantitative estimate of drug-likeness (QED) is 0.505. The molecular formula is C10H11NO5. The summed E-state index contributed by atoms with van der Waals surface area (Å²) < 4.78 is 0. The van der Waals surface area contributed by atoms with Crippen molar-refractivity contribution in [3.05, 3.63) is 23.4 Å². The van der Waals surface area contributed by atoms with Crippen molar-refractivity contribution >= 4 is 17.8 Å². The number of hydrogen-bond donors (Lipinski definition) is 2. The second kappa shape index (κ2) is 4.71. The van der Waals surface area contributed by atoms with E-state index in [0.29, 0.717) is 11.6 Å². The second-order valence-corrected chi connectivity index (χ2v) is 3.32. The summed E-state index contributed by atoms with van der Waals surface area (Å²) in [6, 6.07) is 0. The monoisotopic (exact) mass is 225 g/mol. The van der Waals surface area contributed by atoms with Gasteiger partial charge in [-0.1, -0.05) is 0 Å². The number of nitrogens with zero attached hydrogens (tertiary/aromatic N) is 1. The van der Waals surface area contributed by atoms with E-state index in [2.05, 4.69) is 0 Å². The molecule has 1 rings (SSSR count). The summed E-state index contributed by atoms with van der Waals surface area (Å²) in [5, 5.41) is 17.2. The van der Waals surface area contributed by atoms with Crippen LogP contribution < -0.4 is 0 Å². The number of aliphatic hydroxyl groups excluding tert-OH is 1. The average Bonchev–Trinajstić information content (AvgIpc) is 2.51. The number of aliphatic carboxylic acids is 1. The van der Waals surface area contributed by atoms with E-state index in [1.54, 1.807) is 6.92 Å². The van der Waals surface area contributed by atoms with Gasteiger partial charge in [-0.3, -0.25) is 14.5 Å². The predicted octanol–water partition coefficient (Wildman–Crippen LogP) is -0.348.